The average Bonchev–Trinajstić information content (AvgIpc) is 2.90. The van der Waals surface area contributed by atoms with Crippen LogP contribution in [0, 0.1) is 6.92 Å². The van der Waals surface area contributed by atoms with Crippen LogP contribution >= 0.6 is 0 Å². The van der Waals surface area contributed by atoms with Gasteiger partial charge in [0.05, 0.1) is 7.11 Å². The molecule has 1 heterocycles. The Morgan fingerprint density at radius 1 is 1.10 bits per heavy atom. The van der Waals surface area contributed by atoms with E-state index in [4.69, 9.17) is 9.15 Å². The fraction of sp³-hybridized carbons (Fsp3) is 0.176. The highest BCUT2D eigenvalue weighted by atomic mass is 16.5. The maximum absolute atomic E-state index is 10.5. The van der Waals surface area contributed by atoms with E-state index >= 15 is 0 Å². The Labute approximate surface area is 117 Å². The van der Waals surface area contributed by atoms with Gasteiger partial charge in [-0.1, -0.05) is 24.3 Å². The van der Waals surface area contributed by atoms with Gasteiger partial charge in [0.2, 0.25) is 0 Å². The van der Waals surface area contributed by atoms with Gasteiger partial charge in [-0.2, -0.15) is 0 Å². The Morgan fingerprint density at radius 3 is 2.60 bits per heavy atom. The number of aryl methyl sites for hydroxylation is 1. The fourth-order valence-electron chi connectivity index (χ4n) is 2.37. The Bertz CT molecular complexity index is 710. The van der Waals surface area contributed by atoms with Crippen molar-refractivity contribution in [1.82, 2.24) is 0 Å². The first-order valence-electron chi connectivity index (χ1n) is 6.50. The van der Waals surface area contributed by atoms with Crippen molar-refractivity contribution in [2.24, 2.45) is 0 Å². The van der Waals surface area contributed by atoms with Crippen molar-refractivity contribution in [3.8, 4) is 5.75 Å². The van der Waals surface area contributed by atoms with Gasteiger partial charge in [0.25, 0.3) is 0 Å². The van der Waals surface area contributed by atoms with Gasteiger partial charge in [0.15, 0.2) is 0 Å². The summed E-state index contributed by atoms with van der Waals surface area (Å²) >= 11 is 0. The maximum Gasteiger partial charge on any atom is 0.138 e. The fourth-order valence-corrected chi connectivity index (χ4v) is 2.37. The van der Waals surface area contributed by atoms with Crippen molar-refractivity contribution in [2.45, 2.75) is 13.0 Å². The Hall–Kier alpha value is -2.26. The molecule has 0 saturated heterocycles. The van der Waals surface area contributed by atoms with Crippen LogP contribution in [0.2, 0.25) is 0 Å². The number of furan rings is 1. The molecule has 0 amide bonds. The van der Waals surface area contributed by atoms with Gasteiger partial charge >= 0.3 is 0 Å². The zero-order chi connectivity index (χ0) is 14.1. The third-order valence-electron chi connectivity index (χ3n) is 3.49. The van der Waals surface area contributed by atoms with E-state index in [0.717, 1.165) is 27.8 Å². The minimum atomic E-state index is -0.770. The summed E-state index contributed by atoms with van der Waals surface area (Å²) in [5.41, 5.74) is 2.58. The predicted molar refractivity (Wildman–Crippen MR) is 78.0 cm³/mol. The first-order valence-corrected chi connectivity index (χ1v) is 6.50. The lowest BCUT2D eigenvalue weighted by Gasteiger charge is -2.12. The molecule has 2 aromatic carbocycles. The summed E-state index contributed by atoms with van der Waals surface area (Å²) in [6, 6.07) is 15.2. The van der Waals surface area contributed by atoms with Crippen molar-refractivity contribution in [3.05, 3.63) is 65.4 Å². The second-order valence-electron chi connectivity index (χ2n) is 4.81. The molecule has 0 saturated carbocycles. The van der Waals surface area contributed by atoms with Crippen LogP contribution in [0.15, 0.2) is 52.9 Å². The van der Waals surface area contributed by atoms with Gasteiger partial charge in [0.1, 0.15) is 23.2 Å². The van der Waals surface area contributed by atoms with Crippen molar-refractivity contribution in [1.29, 1.82) is 0 Å². The number of para-hydroxylation sites is 1. The van der Waals surface area contributed by atoms with Crippen LogP contribution in [0.25, 0.3) is 11.0 Å². The lowest BCUT2D eigenvalue weighted by atomic mass is 10.0. The number of fused-ring (bicyclic) bond motifs is 1. The van der Waals surface area contributed by atoms with Gasteiger partial charge in [-0.15, -0.1) is 0 Å². The van der Waals surface area contributed by atoms with Gasteiger partial charge < -0.3 is 14.3 Å². The second kappa shape index (κ2) is 5.02. The van der Waals surface area contributed by atoms with Crippen molar-refractivity contribution >= 4 is 11.0 Å². The summed E-state index contributed by atoms with van der Waals surface area (Å²) < 4.78 is 10.9. The predicted octanol–water partition coefficient (Wildman–Crippen LogP) is 3.83. The minimum Gasteiger partial charge on any atom is -0.497 e. The molecule has 1 aromatic heterocycles. The van der Waals surface area contributed by atoms with Crippen LogP contribution < -0.4 is 4.74 Å². The van der Waals surface area contributed by atoms with E-state index in [0.29, 0.717) is 5.76 Å². The summed E-state index contributed by atoms with van der Waals surface area (Å²) in [7, 11) is 1.63. The second-order valence-corrected chi connectivity index (χ2v) is 4.81. The van der Waals surface area contributed by atoms with E-state index in [-0.39, 0.29) is 0 Å². The molecule has 0 bridgehead atoms. The van der Waals surface area contributed by atoms with E-state index in [2.05, 4.69) is 0 Å². The van der Waals surface area contributed by atoms with Gasteiger partial charge in [-0.05, 0) is 42.3 Å². The third kappa shape index (κ3) is 2.17. The molecule has 3 rings (SSSR count). The molecule has 0 aliphatic carbocycles. The summed E-state index contributed by atoms with van der Waals surface area (Å²) in [5.74, 6) is 1.34. The molecule has 3 nitrogen and oxygen atoms in total. The summed E-state index contributed by atoms with van der Waals surface area (Å²) in [4.78, 5) is 0. The van der Waals surface area contributed by atoms with Gasteiger partial charge in [-0.3, -0.25) is 0 Å². The van der Waals surface area contributed by atoms with Crippen molar-refractivity contribution in [2.75, 3.05) is 7.11 Å². The highest BCUT2D eigenvalue weighted by Gasteiger charge is 2.17. The Morgan fingerprint density at radius 2 is 1.90 bits per heavy atom. The lowest BCUT2D eigenvalue weighted by Crippen LogP contribution is -2.01. The monoisotopic (exact) mass is 268 g/mol. The van der Waals surface area contributed by atoms with Crippen LogP contribution in [0.4, 0.5) is 0 Å². The molecular weight excluding hydrogens is 252 g/mol. The van der Waals surface area contributed by atoms with Crippen molar-refractivity contribution < 1.29 is 14.3 Å². The van der Waals surface area contributed by atoms with Crippen LogP contribution in [0.1, 0.15) is 23.0 Å². The number of methoxy groups -OCH3 is 1. The Kier molecular flexibility index (Phi) is 3.20. The first-order chi connectivity index (χ1) is 9.69. The molecule has 102 valence electrons. The molecule has 20 heavy (non-hydrogen) atoms. The van der Waals surface area contributed by atoms with Crippen molar-refractivity contribution in [3.63, 3.8) is 0 Å². The summed E-state index contributed by atoms with van der Waals surface area (Å²) in [5, 5.41) is 11.5. The quantitative estimate of drug-likeness (QED) is 0.785. The largest absolute Gasteiger partial charge is 0.497 e. The molecule has 0 aliphatic heterocycles. The number of aliphatic hydroxyl groups is 1. The molecule has 0 spiro atoms. The highest BCUT2D eigenvalue weighted by Crippen LogP contribution is 2.31. The zero-order valence-corrected chi connectivity index (χ0v) is 11.5. The van der Waals surface area contributed by atoms with E-state index in [1.54, 1.807) is 7.11 Å². The normalized spacial score (nSPS) is 12.6. The molecular formula is C17H16O3. The van der Waals surface area contributed by atoms with E-state index in [1.807, 2.05) is 55.5 Å². The number of ether oxygens (including phenoxy) is 1. The molecule has 1 atom stereocenters. The molecule has 0 aliphatic rings. The average molecular weight is 268 g/mol. The number of aliphatic hydroxyl groups excluding tert-OH is 1. The molecule has 0 radical (unpaired) electrons. The maximum atomic E-state index is 10.5. The standard InChI is InChI=1S/C17H16O3/c1-11-9-13(19-2)7-8-14(11)17(18)16-10-12-5-3-4-6-15(12)20-16/h3-10,17-18H,1-2H3. The number of rotatable bonds is 3. The van der Waals surface area contributed by atoms with Crippen LogP contribution in [0.3, 0.4) is 0 Å². The van der Waals surface area contributed by atoms with Gasteiger partial charge in [-0.25, -0.2) is 0 Å². The van der Waals surface area contributed by atoms with E-state index in [9.17, 15) is 5.11 Å². The molecule has 3 heteroatoms. The van der Waals surface area contributed by atoms with Gasteiger partial charge in [0, 0.05) is 5.39 Å². The lowest BCUT2D eigenvalue weighted by molar-refractivity contribution is 0.191. The summed E-state index contributed by atoms with van der Waals surface area (Å²) in [6.45, 7) is 1.95. The van der Waals surface area contributed by atoms with Crippen LogP contribution in [-0.2, 0) is 0 Å². The SMILES string of the molecule is COc1ccc(C(O)c2cc3ccccc3o2)c(C)c1. The van der Waals surface area contributed by atoms with Crippen LogP contribution in [0.5, 0.6) is 5.75 Å². The molecule has 1 unspecified atom stereocenters. The van der Waals surface area contributed by atoms with E-state index in [1.165, 1.54) is 0 Å². The number of hydrogen-bond donors (Lipinski definition) is 1. The molecule has 3 aromatic rings. The first kappa shape index (κ1) is 12.8. The highest BCUT2D eigenvalue weighted by molar-refractivity contribution is 5.77. The molecule has 0 fully saturated rings. The summed E-state index contributed by atoms with van der Waals surface area (Å²) in [6.07, 6.45) is -0.770. The smallest absolute Gasteiger partial charge is 0.138 e. The topological polar surface area (TPSA) is 42.6 Å². The third-order valence-corrected chi connectivity index (χ3v) is 3.49. The van der Waals surface area contributed by atoms with E-state index < -0.39 is 6.10 Å². The Balaban J connectivity index is 2.01. The zero-order valence-electron chi connectivity index (χ0n) is 11.5. The van der Waals surface area contributed by atoms with Crippen LogP contribution in [-0.4, -0.2) is 12.2 Å². The number of benzene rings is 2. The minimum absolute atomic E-state index is 0.555. The molecule has 1 N–H and O–H groups in total. The number of hydrogen-bond acceptors (Lipinski definition) is 3.